The highest BCUT2D eigenvalue weighted by Crippen LogP contribution is 2.39. The molecule has 1 unspecified atom stereocenters. The van der Waals surface area contributed by atoms with Crippen LogP contribution in [0.4, 0.5) is 0 Å². The van der Waals surface area contributed by atoms with Crippen LogP contribution in [0.2, 0.25) is 0 Å². The van der Waals surface area contributed by atoms with Crippen LogP contribution in [0.1, 0.15) is 36.9 Å². The van der Waals surface area contributed by atoms with Crippen LogP contribution in [0.15, 0.2) is 91.0 Å². The quantitative estimate of drug-likeness (QED) is 0.227. The molecule has 0 saturated carbocycles. The first-order valence-corrected chi connectivity index (χ1v) is 11.9. The van der Waals surface area contributed by atoms with Crippen molar-refractivity contribution in [1.82, 2.24) is 5.32 Å². The standard InChI is InChI=1S/C30H29NO5/c1-3-11-27(32)31-30(24-16-9-10-17-25(24)34-2)29-23-15-8-7-12-21(23)18-19-26(29)36-28(33)20-35-22-13-5-4-6-14-22/h4-10,12-19,30H,3,11,20H2,1-2H3,(H,31,32). The van der Waals surface area contributed by atoms with Gasteiger partial charge >= 0.3 is 5.97 Å². The summed E-state index contributed by atoms with van der Waals surface area (Å²) < 4.78 is 17.0. The van der Waals surface area contributed by atoms with Crippen LogP contribution in [0.25, 0.3) is 10.8 Å². The molecule has 0 saturated heterocycles. The molecule has 0 aliphatic heterocycles. The van der Waals surface area contributed by atoms with Crippen LogP contribution >= 0.6 is 0 Å². The topological polar surface area (TPSA) is 73.9 Å². The van der Waals surface area contributed by atoms with Gasteiger partial charge in [-0.1, -0.05) is 73.7 Å². The Kier molecular flexibility index (Phi) is 8.19. The zero-order valence-corrected chi connectivity index (χ0v) is 20.4. The Morgan fingerprint density at radius 3 is 2.33 bits per heavy atom. The van der Waals surface area contributed by atoms with E-state index in [1.165, 1.54) is 0 Å². The minimum atomic E-state index is -0.607. The van der Waals surface area contributed by atoms with E-state index in [4.69, 9.17) is 14.2 Å². The van der Waals surface area contributed by atoms with Gasteiger partial charge in [-0.15, -0.1) is 0 Å². The van der Waals surface area contributed by atoms with E-state index in [0.29, 0.717) is 35.7 Å². The van der Waals surface area contributed by atoms with Crippen molar-refractivity contribution < 1.29 is 23.8 Å². The normalized spacial score (nSPS) is 11.5. The van der Waals surface area contributed by atoms with Crippen LogP contribution in [0, 0.1) is 0 Å². The predicted molar refractivity (Wildman–Crippen MR) is 139 cm³/mol. The van der Waals surface area contributed by atoms with Gasteiger partial charge in [-0.05, 0) is 41.5 Å². The van der Waals surface area contributed by atoms with Crippen LogP contribution < -0.4 is 19.5 Å². The van der Waals surface area contributed by atoms with Crippen molar-refractivity contribution in [1.29, 1.82) is 0 Å². The molecule has 0 radical (unpaired) electrons. The van der Waals surface area contributed by atoms with Gasteiger partial charge in [-0.3, -0.25) is 4.79 Å². The second-order valence-corrected chi connectivity index (χ2v) is 8.27. The molecule has 1 N–H and O–H groups in total. The number of esters is 1. The third-order valence-corrected chi connectivity index (χ3v) is 5.78. The summed E-state index contributed by atoms with van der Waals surface area (Å²) in [6.45, 7) is 1.70. The molecule has 36 heavy (non-hydrogen) atoms. The van der Waals surface area contributed by atoms with Crippen molar-refractivity contribution in [2.75, 3.05) is 13.7 Å². The number of carbonyl (C=O) groups excluding carboxylic acids is 2. The number of nitrogens with one attached hydrogen (secondary N) is 1. The molecular weight excluding hydrogens is 454 g/mol. The van der Waals surface area contributed by atoms with E-state index >= 15 is 0 Å². The number of methoxy groups -OCH3 is 1. The molecule has 0 spiro atoms. The molecule has 1 atom stereocenters. The van der Waals surface area contributed by atoms with Crippen LogP contribution in [0.3, 0.4) is 0 Å². The lowest BCUT2D eigenvalue weighted by atomic mass is 9.92. The van der Waals surface area contributed by atoms with E-state index in [1.807, 2.05) is 79.7 Å². The van der Waals surface area contributed by atoms with Crippen LogP contribution in [-0.2, 0) is 9.59 Å². The molecule has 6 heteroatoms. The molecule has 4 aromatic rings. The molecule has 4 rings (SSSR count). The maximum atomic E-state index is 12.8. The number of hydrogen-bond acceptors (Lipinski definition) is 5. The zero-order chi connectivity index (χ0) is 25.3. The van der Waals surface area contributed by atoms with Gasteiger partial charge in [0.1, 0.15) is 17.2 Å². The maximum absolute atomic E-state index is 12.8. The van der Waals surface area contributed by atoms with Crippen LogP contribution in [0.5, 0.6) is 17.2 Å². The lowest BCUT2D eigenvalue weighted by Gasteiger charge is -2.25. The Labute approximate surface area is 210 Å². The predicted octanol–water partition coefficient (Wildman–Crippen LogP) is 5.84. The number of carbonyl (C=O) groups is 2. The van der Waals surface area contributed by atoms with Crippen molar-refractivity contribution in [3.8, 4) is 17.2 Å². The Morgan fingerprint density at radius 1 is 0.833 bits per heavy atom. The van der Waals surface area contributed by atoms with E-state index < -0.39 is 12.0 Å². The van der Waals surface area contributed by atoms with E-state index in [2.05, 4.69) is 5.32 Å². The third-order valence-electron chi connectivity index (χ3n) is 5.78. The Balaban J connectivity index is 1.77. The fraction of sp³-hybridized carbons (Fsp3) is 0.200. The largest absolute Gasteiger partial charge is 0.496 e. The molecule has 0 fully saturated rings. The Bertz CT molecular complexity index is 1340. The molecule has 184 valence electrons. The van der Waals surface area contributed by atoms with Crippen molar-refractivity contribution in [2.24, 2.45) is 0 Å². The summed E-state index contributed by atoms with van der Waals surface area (Å²) in [5.74, 6) is 0.895. The fourth-order valence-corrected chi connectivity index (χ4v) is 4.14. The summed E-state index contributed by atoms with van der Waals surface area (Å²) in [6, 6.07) is 27.4. The van der Waals surface area contributed by atoms with Crippen molar-refractivity contribution >= 4 is 22.6 Å². The summed E-state index contributed by atoms with van der Waals surface area (Å²) in [6.07, 6.45) is 1.08. The van der Waals surface area contributed by atoms with Gasteiger partial charge in [0.05, 0.1) is 13.2 Å². The smallest absolute Gasteiger partial charge is 0.349 e. The first-order chi connectivity index (χ1) is 17.6. The molecule has 0 aromatic heterocycles. The summed E-state index contributed by atoms with van der Waals surface area (Å²) >= 11 is 0. The molecule has 6 nitrogen and oxygen atoms in total. The van der Waals surface area contributed by atoms with Crippen LogP contribution in [-0.4, -0.2) is 25.6 Å². The molecule has 0 aliphatic carbocycles. The maximum Gasteiger partial charge on any atom is 0.349 e. The van der Waals surface area contributed by atoms with Crippen molar-refractivity contribution in [2.45, 2.75) is 25.8 Å². The number of ether oxygens (including phenoxy) is 3. The third kappa shape index (κ3) is 5.84. The number of benzene rings is 4. The zero-order valence-electron chi connectivity index (χ0n) is 20.4. The van der Waals surface area contributed by atoms with Gasteiger partial charge in [0, 0.05) is 17.5 Å². The lowest BCUT2D eigenvalue weighted by Crippen LogP contribution is -2.30. The van der Waals surface area contributed by atoms with Gasteiger partial charge < -0.3 is 19.5 Å². The first-order valence-electron chi connectivity index (χ1n) is 11.9. The molecule has 0 aliphatic rings. The second-order valence-electron chi connectivity index (χ2n) is 8.27. The van der Waals surface area contributed by atoms with E-state index in [1.54, 1.807) is 25.3 Å². The van der Waals surface area contributed by atoms with Gasteiger partial charge in [-0.2, -0.15) is 0 Å². The number of amides is 1. The SMILES string of the molecule is CCCC(=O)NC(c1ccccc1OC)c1c(OC(=O)COc2ccccc2)ccc2ccccc12. The number of rotatable bonds is 10. The highest BCUT2D eigenvalue weighted by Gasteiger charge is 2.26. The lowest BCUT2D eigenvalue weighted by molar-refractivity contribution is -0.136. The molecule has 0 heterocycles. The van der Waals surface area contributed by atoms with Crippen molar-refractivity contribution in [3.63, 3.8) is 0 Å². The van der Waals surface area contributed by atoms with E-state index in [9.17, 15) is 9.59 Å². The van der Waals surface area contributed by atoms with Gasteiger partial charge in [-0.25, -0.2) is 4.79 Å². The number of hydrogen-bond donors (Lipinski definition) is 1. The average molecular weight is 484 g/mol. The van der Waals surface area contributed by atoms with E-state index in [-0.39, 0.29) is 12.5 Å². The fourth-order valence-electron chi connectivity index (χ4n) is 4.14. The van der Waals surface area contributed by atoms with Gasteiger partial charge in [0.2, 0.25) is 5.91 Å². The highest BCUT2D eigenvalue weighted by atomic mass is 16.6. The minimum absolute atomic E-state index is 0.106. The Morgan fingerprint density at radius 2 is 1.56 bits per heavy atom. The Hall–Kier alpha value is -4.32. The molecular formula is C30H29NO5. The summed E-state index contributed by atoms with van der Waals surface area (Å²) in [4.78, 5) is 25.7. The molecule has 4 aromatic carbocycles. The summed E-state index contributed by atoms with van der Waals surface area (Å²) in [5.41, 5.74) is 1.44. The number of para-hydroxylation sites is 2. The summed E-state index contributed by atoms with van der Waals surface area (Å²) in [7, 11) is 1.59. The summed E-state index contributed by atoms with van der Waals surface area (Å²) in [5, 5.41) is 4.96. The minimum Gasteiger partial charge on any atom is -0.496 e. The van der Waals surface area contributed by atoms with Gasteiger partial charge in [0.15, 0.2) is 6.61 Å². The monoisotopic (exact) mass is 483 g/mol. The second kappa shape index (κ2) is 11.9. The van der Waals surface area contributed by atoms with Crippen molar-refractivity contribution in [3.05, 3.63) is 102 Å². The average Bonchev–Trinajstić information content (AvgIpc) is 2.91. The highest BCUT2D eigenvalue weighted by molar-refractivity contribution is 5.91. The van der Waals surface area contributed by atoms with E-state index in [0.717, 1.165) is 16.3 Å². The van der Waals surface area contributed by atoms with Gasteiger partial charge in [0.25, 0.3) is 0 Å². The number of fused-ring (bicyclic) bond motifs is 1. The molecule has 0 bridgehead atoms. The first kappa shape index (κ1) is 24.8. The molecule has 1 amide bonds.